The van der Waals surface area contributed by atoms with Crippen LogP contribution in [0.3, 0.4) is 0 Å². The Kier molecular flexibility index (Phi) is 4.12. The number of benzene rings is 1. The Hall–Kier alpha value is -2.28. The minimum atomic E-state index is -3.33. The summed E-state index contributed by atoms with van der Waals surface area (Å²) in [4.78, 5) is 13.9. The second-order valence-corrected chi connectivity index (χ2v) is 7.70. The summed E-state index contributed by atoms with van der Waals surface area (Å²) in [5.74, 6) is 0.548. The molecule has 0 saturated carbocycles. The third-order valence-corrected chi connectivity index (χ3v) is 5.90. The van der Waals surface area contributed by atoms with Gasteiger partial charge < -0.3 is 14.1 Å². The quantitative estimate of drug-likeness (QED) is 0.831. The first-order valence-electron chi connectivity index (χ1n) is 7.17. The van der Waals surface area contributed by atoms with E-state index in [1.807, 2.05) is 0 Å². The molecule has 3 rings (SSSR count). The van der Waals surface area contributed by atoms with E-state index in [4.69, 9.17) is 9.15 Å². The average Bonchev–Trinajstić information content (AvgIpc) is 2.97. The third kappa shape index (κ3) is 3.10. The third-order valence-electron chi connectivity index (χ3n) is 3.90. The number of carbonyl (C=O) groups is 1. The van der Waals surface area contributed by atoms with Crippen molar-refractivity contribution in [2.45, 2.75) is 11.0 Å². The van der Waals surface area contributed by atoms with Crippen molar-refractivity contribution in [3.63, 3.8) is 0 Å². The molecule has 0 radical (unpaired) electrons. The Bertz CT molecular complexity index is 792. The number of methoxy groups -OCH3 is 1. The molecule has 6 nitrogen and oxygen atoms in total. The minimum absolute atomic E-state index is 0.138. The highest BCUT2D eigenvalue weighted by Crippen LogP contribution is 2.25. The van der Waals surface area contributed by atoms with Gasteiger partial charge in [0.05, 0.1) is 24.2 Å². The molecule has 0 N–H and O–H groups in total. The molecule has 0 unspecified atom stereocenters. The fourth-order valence-corrected chi connectivity index (χ4v) is 4.14. The fraction of sp³-hybridized carbons (Fsp3) is 0.312. The van der Waals surface area contributed by atoms with Crippen molar-refractivity contribution in [2.75, 3.05) is 20.2 Å². The second-order valence-electron chi connectivity index (χ2n) is 5.42. The highest BCUT2D eigenvalue weighted by Gasteiger charge is 2.40. The SMILES string of the molecule is COc1ccccc1C(=O)N1CC(S(=O)(=O)Cc2ccco2)C1. The van der Waals surface area contributed by atoms with Gasteiger partial charge in [0.25, 0.3) is 5.91 Å². The van der Waals surface area contributed by atoms with E-state index >= 15 is 0 Å². The molecule has 122 valence electrons. The molecule has 2 aromatic rings. The van der Waals surface area contributed by atoms with E-state index in [0.717, 1.165) is 0 Å². The molecule has 1 saturated heterocycles. The highest BCUT2D eigenvalue weighted by atomic mass is 32.2. The molecule has 0 atom stereocenters. The Labute approximate surface area is 134 Å². The number of furan rings is 1. The fourth-order valence-electron chi connectivity index (χ4n) is 2.53. The van der Waals surface area contributed by atoms with Crippen molar-refractivity contribution in [2.24, 2.45) is 0 Å². The molecule has 0 spiro atoms. The van der Waals surface area contributed by atoms with Crippen molar-refractivity contribution in [3.8, 4) is 5.75 Å². The van der Waals surface area contributed by atoms with Crippen LogP contribution in [0.2, 0.25) is 0 Å². The van der Waals surface area contributed by atoms with Gasteiger partial charge in [0.1, 0.15) is 17.3 Å². The van der Waals surface area contributed by atoms with Crippen LogP contribution < -0.4 is 4.74 Å². The lowest BCUT2D eigenvalue weighted by Crippen LogP contribution is -2.57. The summed E-state index contributed by atoms with van der Waals surface area (Å²) < 4.78 is 34.8. The molecule has 0 bridgehead atoms. The van der Waals surface area contributed by atoms with E-state index < -0.39 is 15.1 Å². The van der Waals surface area contributed by atoms with Crippen LogP contribution >= 0.6 is 0 Å². The number of ether oxygens (including phenoxy) is 1. The maximum Gasteiger partial charge on any atom is 0.257 e. The zero-order valence-electron chi connectivity index (χ0n) is 12.6. The van der Waals surface area contributed by atoms with Gasteiger partial charge in [-0.05, 0) is 24.3 Å². The summed E-state index contributed by atoms with van der Waals surface area (Å²) in [6, 6.07) is 10.2. The van der Waals surface area contributed by atoms with E-state index in [0.29, 0.717) is 17.1 Å². The minimum Gasteiger partial charge on any atom is -0.496 e. The lowest BCUT2D eigenvalue weighted by Gasteiger charge is -2.38. The molecule has 23 heavy (non-hydrogen) atoms. The molecule has 1 aliphatic rings. The monoisotopic (exact) mass is 335 g/mol. The summed E-state index contributed by atoms with van der Waals surface area (Å²) in [5.41, 5.74) is 0.442. The molecule has 1 amide bonds. The number of likely N-dealkylation sites (tertiary alicyclic amines) is 1. The van der Waals surface area contributed by atoms with Crippen LogP contribution in [0.5, 0.6) is 5.75 Å². The number of carbonyl (C=O) groups excluding carboxylic acids is 1. The van der Waals surface area contributed by atoms with Crippen LogP contribution in [0.4, 0.5) is 0 Å². The predicted octanol–water partition coefficient (Wildman–Crippen LogP) is 1.73. The van der Waals surface area contributed by atoms with Gasteiger partial charge in [-0.2, -0.15) is 0 Å². The van der Waals surface area contributed by atoms with Crippen molar-refractivity contribution in [3.05, 3.63) is 54.0 Å². The lowest BCUT2D eigenvalue weighted by atomic mass is 10.1. The first kappa shape index (κ1) is 15.6. The van der Waals surface area contributed by atoms with Gasteiger partial charge >= 0.3 is 0 Å². The Morgan fingerprint density at radius 2 is 2.00 bits per heavy atom. The highest BCUT2D eigenvalue weighted by molar-refractivity contribution is 7.91. The van der Waals surface area contributed by atoms with Crippen LogP contribution in [0.15, 0.2) is 47.1 Å². The number of amides is 1. The summed E-state index contributed by atoms with van der Waals surface area (Å²) in [5, 5.41) is -0.550. The molecule has 1 aromatic heterocycles. The first-order chi connectivity index (χ1) is 11.0. The molecular formula is C16H17NO5S. The smallest absolute Gasteiger partial charge is 0.257 e. The van der Waals surface area contributed by atoms with Gasteiger partial charge in [-0.15, -0.1) is 0 Å². The van der Waals surface area contributed by atoms with Crippen molar-refractivity contribution >= 4 is 15.7 Å². The molecule has 0 aliphatic carbocycles. The zero-order chi connectivity index (χ0) is 16.4. The van der Waals surface area contributed by atoms with E-state index in [1.54, 1.807) is 36.4 Å². The van der Waals surface area contributed by atoms with Crippen molar-refractivity contribution in [1.29, 1.82) is 0 Å². The molecular weight excluding hydrogens is 318 g/mol. The lowest BCUT2D eigenvalue weighted by molar-refractivity contribution is 0.0655. The summed E-state index contributed by atoms with van der Waals surface area (Å²) in [6.45, 7) is 0.389. The van der Waals surface area contributed by atoms with Crippen LogP contribution in [-0.2, 0) is 15.6 Å². The van der Waals surface area contributed by atoms with E-state index in [9.17, 15) is 13.2 Å². The summed E-state index contributed by atoms with van der Waals surface area (Å²) >= 11 is 0. The van der Waals surface area contributed by atoms with Gasteiger partial charge in [0, 0.05) is 13.1 Å². The molecule has 1 aliphatic heterocycles. The predicted molar refractivity (Wildman–Crippen MR) is 84.0 cm³/mol. The zero-order valence-corrected chi connectivity index (χ0v) is 13.5. The topological polar surface area (TPSA) is 76.8 Å². The van der Waals surface area contributed by atoms with Gasteiger partial charge in [-0.3, -0.25) is 4.79 Å². The van der Waals surface area contributed by atoms with Crippen LogP contribution in [0.25, 0.3) is 0 Å². The van der Waals surface area contributed by atoms with Crippen LogP contribution in [0, 0.1) is 0 Å². The number of nitrogens with zero attached hydrogens (tertiary/aromatic N) is 1. The van der Waals surface area contributed by atoms with Gasteiger partial charge in [0.2, 0.25) is 0 Å². The van der Waals surface area contributed by atoms with Crippen LogP contribution in [0.1, 0.15) is 16.1 Å². The normalized spacial score (nSPS) is 15.3. The Balaban J connectivity index is 1.65. The summed E-state index contributed by atoms with van der Waals surface area (Å²) in [6.07, 6.45) is 1.45. The number of hydrogen-bond acceptors (Lipinski definition) is 5. The van der Waals surface area contributed by atoms with Crippen LogP contribution in [-0.4, -0.2) is 44.7 Å². The molecule has 1 aromatic carbocycles. The maximum atomic E-state index is 12.4. The van der Waals surface area contributed by atoms with E-state index in [-0.39, 0.29) is 24.7 Å². The standard InChI is InChI=1S/C16H17NO5S/c1-21-15-7-3-2-6-14(15)16(18)17-9-13(10-17)23(19,20)11-12-5-4-8-22-12/h2-8,13H,9-11H2,1H3. The number of sulfone groups is 1. The number of rotatable bonds is 5. The Morgan fingerprint density at radius 3 is 2.65 bits per heavy atom. The largest absolute Gasteiger partial charge is 0.496 e. The van der Waals surface area contributed by atoms with E-state index in [2.05, 4.69) is 0 Å². The first-order valence-corrected chi connectivity index (χ1v) is 8.89. The average molecular weight is 335 g/mol. The number of hydrogen-bond donors (Lipinski definition) is 0. The van der Waals surface area contributed by atoms with Gasteiger partial charge in [0.15, 0.2) is 9.84 Å². The number of para-hydroxylation sites is 1. The van der Waals surface area contributed by atoms with Gasteiger partial charge in [-0.1, -0.05) is 12.1 Å². The van der Waals surface area contributed by atoms with Gasteiger partial charge in [-0.25, -0.2) is 8.42 Å². The van der Waals surface area contributed by atoms with Crippen molar-refractivity contribution in [1.82, 2.24) is 4.90 Å². The molecule has 1 fully saturated rings. The van der Waals surface area contributed by atoms with Crippen molar-refractivity contribution < 1.29 is 22.4 Å². The van der Waals surface area contributed by atoms with E-state index in [1.165, 1.54) is 18.3 Å². The molecule has 7 heteroatoms. The maximum absolute atomic E-state index is 12.4. The Morgan fingerprint density at radius 1 is 1.26 bits per heavy atom. The second kappa shape index (κ2) is 6.08. The summed E-state index contributed by atoms with van der Waals surface area (Å²) in [7, 11) is -1.83. The molecule has 2 heterocycles.